The highest BCUT2D eigenvalue weighted by atomic mass is 19.1. The second kappa shape index (κ2) is 9.81. The van der Waals surface area contributed by atoms with Gasteiger partial charge in [0.1, 0.15) is 5.82 Å². The van der Waals surface area contributed by atoms with Crippen LogP contribution in [0.3, 0.4) is 0 Å². The molecule has 2 aromatic carbocycles. The van der Waals surface area contributed by atoms with Crippen molar-refractivity contribution in [2.45, 2.75) is 64.2 Å². The van der Waals surface area contributed by atoms with Crippen molar-refractivity contribution < 1.29 is 18.3 Å². The summed E-state index contributed by atoms with van der Waals surface area (Å²) in [5.41, 5.74) is 1.61. The van der Waals surface area contributed by atoms with Crippen molar-refractivity contribution in [1.29, 1.82) is 0 Å². The van der Waals surface area contributed by atoms with Gasteiger partial charge in [-0.05, 0) is 67.3 Å². The second-order valence-electron chi connectivity index (χ2n) is 7.80. The first-order valence-electron chi connectivity index (χ1n) is 10.3. The van der Waals surface area contributed by atoms with Gasteiger partial charge in [-0.15, -0.1) is 0 Å². The summed E-state index contributed by atoms with van der Waals surface area (Å²) >= 11 is 0. The predicted octanol–water partition coefficient (Wildman–Crippen LogP) is 7.04. The predicted molar refractivity (Wildman–Crippen MR) is 107 cm³/mol. The topological polar surface area (TPSA) is 26.3 Å². The number of hydrogen-bond donors (Lipinski definition) is 0. The van der Waals surface area contributed by atoms with Gasteiger partial charge in [0.05, 0.1) is 5.56 Å². The van der Waals surface area contributed by atoms with E-state index in [0.717, 1.165) is 18.1 Å². The minimum Gasteiger partial charge on any atom is -0.420 e. The van der Waals surface area contributed by atoms with Gasteiger partial charge in [-0.1, -0.05) is 44.7 Å². The van der Waals surface area contributed by atoms with E-state index in [1.54, 1.807) is 12.1 Å². The van der Waals surface area contributed by atoms with E-state index in [9.17, 15) is 13.6 Å². The molecule has 0 aliphatic heterocycles. The molecule has 0 saturated heterocycles. The number of ether oxygens (including phenoxy) is 1. The SMILES string of the molecule is CCCCCC1CCC(c2ccc(C(=O)Oc3ccc(F)cc3F)cc2)CC1. The fraction of sp³-hybridized carbons (Fsp3) is 0.458. The van der Waals surface area contributed by atoms with Crippen LogP contribution < -0.4 is 4.74 Å². The standard InChI is InChI=1S/C24H28F2O2/c1-2-3-4-5-17-6-8-18(9-7-17)19-10-12-20(13-11-19)24(27)28-23-15-14-21(25)16-22(23)26/h10-18H,2-9H2,1H3. The maximum atomic E-state index is 13.6. The lowest BCUT2D eigenvalue weighted by molar-refractivity contribution is 0.0727. The van der Waals surface area contributed by atoms with E-state index < -0.39 is 17.6 Å². The summed E-state index contributed by atoms with van der Waals surface area (Å²) in [6.07, 6.45) is 10.3. The van der Waals surface area contributed by atoms with Crippen LogP contribution in [0.25, 0.3) is 0 Å². The maximum Gasteiger partial charge on any atom is 0.343 e. The molecule has 28 heavy (non-hydrogen) atoms. The molecular formula is C24H28F2O2. The summed E-state index contributed by atoms with van der Waals surface area (Å²) in [5, 5.41) is 0. The van der Waals surface area contributed by atoms with Gasteiger partial charge in [0.15, 0.2) is 11.6 Å². The summed E-state index contributed by atoms with van der Waals surface area (Å²) in [6.45, 7) is 2.24. The molecule has 2 aromatic rings. The molecule has 2 nitrogen and oxygen atoms in total. The van der Waals surface area contributed by atoms with Crippen molar-refractivity contribution in [3.63, 3.8) is 0 Å². The Morgan fingerprint density at radius 2 is 1.71 bits per heavy atom. The fourth-order valence-corrected chi connectivity index (χ4v) is 4.08. The van der Waals surface area contributed by atoms with Crippen LogP contribution >= 0.6 is 0 Å². The van der Waals surface area contributed by atoms with Gasteiger partial charge in [0, 0.05) is 6.07 Å². The zero-order chi connectivity index (χ0) is 19.9. The minimum absolute atomic E-state index is 0.267. The Kier molecular flexibility index (Phi) is 7.18. The number of rotatable bonds is 7. The first kappa shape index (κ1) is 20.5. The molecule has 0 bridgehead atoms. The highest BCUT2D eigenvalue weighted by Gasteiger charge is 2.22. The highest BCUT2D eigenvalue weighted by molar-refractivity contribution is 5.91. The lowest BCUT2D eigenvalue weighted by atomic mass is 9.77. The Balaban J connectivity index is 1.54. The van der Waals surface area contributed by atoms with E-state index in [1.807, 2.05) is 12.1 Å². The lowest BCUT2D eigenvalue weighted by Crippen LogP contribution is -2.14. The van der Waals surface area contributed by atoms with E-state index in [1.165, 1.54) is 56.9 Å². The smallest absolute Gasteiger partial charge is 0.343 e. The Hall–Kier alpha value is -2.23. The molecule has 0 N–H and O–H groups in total. The van der Waals surface area contributed by atoms with Crippen LogP contribution in [0.5, 0.6) is 5.75 Å². The molecule has 1 aliphatic carbocycles. The van der Waals surface area contributed by atoms with Gasteiger partial charge < -0.3 is 4.74 Å². The first-order valence-corrected chi connectivity index (χ1v) is 10.3. The zero-order valence-corrected chi connectivity index (χ0v) is 16.4. The molecule has 0 heterocycles. The Morgan fingerprint density at radius 3 is 2.36 bits per heavy atom. The molecule has 4 heteroatoms. The van der Waals surface area contributed by atoms with Gasteiger partial charge >= 0.3 is 5.97 Å². The van der Waals surface area contributed by atoms with Gasteiger partial charge in [-0.25, -0.2) is 13.6 Å². The lowest BCUT2D eigenvalue weighted by Gasteiger charge is -2.29. The molecule has 1 fully saturated rings. The van der Waals surface area contributed by atoms with E-state index in [-0.39, 0.29) is 5.75 Å². The Bertz CT molecular complexity index is 778. The number of esters is 1. The number of carbonyl (C=O) groups is 1. The number of halogens is 2. The average molecular weight is 386 g/mol. The molecule has 150 valence electrons. The largest absolute Gasteiger partial charge is 0.420 e. The number of hydrogen-bond acceptors (Lipinski definition) is 2. The number of benzene rings is 2. The van der Waals surface area contributed by atoms with E-state index in [2.05, 4.69) is 6.92 Å². The fourth-order valence-electron chi connectivity index (χ4n) is 4.08. The molecular weight excluding hydrogens is 358 g/mol. The van der Waals surface area contributed by atoms with Crippen molar-refractivity contribution in [3.8, 4) is 5.75 Å². The monoisotopic (exact) mass is 386 g/mol. The maximum absolute atomic E-state index is 13.6. The summed E-state index contributed by atoms with van der Waals surface area (Å²) in [6, 6.07) is 10.3. The zero-order valence-electron chi connectivity index (χ0n) is 16.4. The quantitative estimate of drug-likeness (QED) is 0.290. The molecule has 1 aliphatic rings. The van der Waals surface area contributed by atoms with Crippen molar-refractivity contribution >= 4 is 5.97 Å². The normalized spacial score (nSPS) is 19.4. The molecule has 3 rings (SSSR count). The highest BCUT2D eigenvalue weighted by Crippen LogP contribution is 2.37. The third kappa shape index (κ3) is 5.40. The Labute approximate surface area is 165 Å². The summed E-state index contributed by atoms with van der Waals surface area (Å²) in [4.78, 5) is 12.2. The van der Waals surface area contributed by atoms with Crippen LogP contribution in [0.4, 0.5) is 8.78 Å². The van der Waals surface area contributed by atoms with E-state index in [4.69, 9.17) is 4.74 Å². The molecule has 0 aromatic heterocycles. The van der Waals surface area contributed by atoms with Crippen molar-refractivity contribution in [3.05, 3.63) is 65.2 Å². The average Bonchev–Trinajstić information content (AvgIpc) is 2.71. The van der Waals surface area contributed by atoms with E-state index >= 15 is 0 Å². The van der Waals surface area contributed by atoms with Crippen LogP contribution in [0, 0.1) is 17.6 Å². The van der Waals surface area contributed by atoms with Crippen LogP contribution in [-0.2, 0) is 0 Å². The van der Waals surface area contributed by atoms with Crippen LogP contribution in [0.1, 0.15) is 80.1 Å². The van der Waals surface area contributed by atoms with Crippen LogP contribution in [-0.4, -0.2) is 5.97 Å². The van der Waals surface area contributed by atoms with Gasteiger partial charge in [0.2, 0.25) is 0 Å². The summed E-state index contributed by atoms with van der Waals surface area (Å²) in [7, 11) is 0. The third-order valence-corrected chi connectivity index (χ3v) is 5.78. The number of unbranched alkanes of at least 4 members (excludes halogenated alkanes) is 2. The van der Waals surface area contributed by atoms with Gasteiger partial charge in [0.25, 0.3) is 0 Å². The molecule has 1 saturated carbocycles. The molecule has 0 unspecified atom stereocenters. The van der Waals surface area contributed by atoms with Crippen molar-refractivity contribution in [1.82, 2.24) is 0 Å². The first-order chi connectivity index (χ1) is 13.6. The van der Waals surface area contributed by atoms with Crippen molar-refractivity contribution in [2.75, 3.05) is 0 Å². The molecule has 0 atom stereocenters. The van der Waals surface area contributed by atoms with Gasteiger partial charge in [-0.3, -0.25) is 0 Å². The van der Waals surface area contributed by atoms with Crippen LogP contribution in [0.2, 0.25) is 0 Å². The molecule has 0 radical (unpaired) electrons. The van der Waals surface area contributed by atoms with Crippen molar-refractivity contribution in [2.24, 2.45) is 5.92 Å². The molecule has 0 spiro atoms. The number of carbonyl (C=O) groups excluding carboxylic acids is 1. The molecule has 0 amide bonds. The van der Waals surface area contributed by atoms with Gasteiger partial charge in [-0.2, -0.15) is 0 Å². The summed E-state index contributed by atoms with van der Waals surface area (Å²) in [5.74, 6) is -1.10. The second-order valence-corrected chi connectivity index (χ2v) is 7.80. The van der Waals surface area contributed by atoms with Crippen LogP contribution in [0.15, 0.2) is 42.5 Å². The third-order valence-electron chi connectivity index (χ3n) is 5.78. The summed E-state index contributed by atoms with van der Waals surface area (Å²) < 4.78 is 31.6. The Morgan fingerprint density at radius 1 is 1.00 bits per heavy atom. The van der Waals surface area contributed by atoms with E-state index in [0.29, 0.717) is 17.5 Å². The minimum atomic E-state index is -0.888.